The zero-order valence-corrected chi connectivity index (χ0v) is 10.1. The lowest BCUT2D eigenvalue weighted by atomic mass is 9.82. The summed E-state index contributed by atoms with van der Waals surface area (Å²) in [5.41, 5.74) is 2.05. The number of H-pyrrole nitrogens is 1. The molecule has 0 aromatic carbocycles. The highest BCUT2D eigenvalue weighted by Gasteiger charge is 2.29. The zero-order chi connectivity index (χ0) is 12.5. The van der Waals surface area contributed by atoms with Gasteiger partial charge in [0.1, 0.15) is 0 Å². The Morgan fingerprint density at radius 2 is 2.39 bits per heavy atom. The van der Waals surface area contributed by atoms with Gasteiger partial charge in [0, 0.05) is 19.5 Å². The fourth-order valence-corrected chi connectivity index (χ4v) is 2.59. The monoisotopic (exact) mass is 250 g/mol. The first-order valence-corrected chi connectivity index (χ1v) is 6.42. The average Bonchev–Trinajstić information content (AvgIpc) is 2.79. The minimum Gasteiger partial charge on any atom is -0.393 e. The van der Waals surface area contributed by atoms with E-state index in [0.717, 1.165) is 24.2 Å². The summed E-state index contributed by atoms with van der Waals surface area (Å²) in [6.45, 7) is 1.33. The highest BCUT2D eigenvalue weighted by Crippen LogP contribution is 2.26. The molecule has 2 heterocycles. The van der Waals surface area contributed by atoms with Gasteiger partial charge in [-0.05, 0) is 18.8 Å². The van der Waals surface area contributed by atoms with Crippen LogP contribution in [0.25, 0.3) is 0 Å². The molecule has 1 aromatic heterocycles. The Bertz CT molecular complexity index is 439. The lowest BCUT2D eigenvalue weighted by Gasteiger charge is -2.32. The first-order valence-electron chi connectivity index (χ1n) is 6.42. The van der Waals surface area contributed by atoms with Crippen LogP contribution in [0.2, 0.25) is 0 Å². The van der Waals surface area contributed by atoms with E-state index in [1.807, 2.05) is 0 Å². The summed E-state index contributed by atoms with van der Waals surface area (Å²) < 4.78 is 0. The Labute approximate surface area is 105 Å². The molecule has 2 aliphatic rings. The number of hydrogen-bond acceptors (Lipinski definition) is 4. The topological polar surface area (TPSA) is 90.0 Å². The van der Waals surface area contributed by atoms with Crippen molar-refractivity contribution in [1.29, 1.82) is 0 Å². The maximum Gasteiger partial charge on any atom is 0.237 e. The lowest BCUT2D eigenvalue weighted by Crippen LogP contribution is -2.49. The van der Waals surface area contributed by atoms with Crippen molar-refractivity contribution in [3.05, 3.63) is 17.7 Å². The van der Waals surface area contributed by atoms with E-state index in [1.165, 1.54) is 0 Å². The molecule has 0 radical (unpaired) electrons. The van der Waals surface area contributed by atoms with Crippen molar-refractivity contribution in [2.45, 2.75) is 38.0 Å². The van der Waals surface area contributed by atoms with E-state index in [0.29, 0.717) is 25.4 Å². The maximum atomic E-state index is 12.0. The van der Waals surface area contributed by atoms with Gasteiger partial charge in [0.2, 0.25) is 5.91 Å². The quantitative estimate of drug-likeness (QED) is 0.571. The Kier molecular flexibility index (Phi) is 3.05. The summed E-state index contributed by atoms with van der Waals surface area (Å²) in [4.78, 5) is 19.3. The molecule has 0 spiro atoms. The van der Waals surface area contributed by atoms with Crippen LogP contribution in [0, 0.1) is 5.92 Å². The second kappa shape index (κ2) is 4.70. The number of nitrogens with one attached hydrogen (secondary N) is 3. The van der Waals surface area contributed by atoms with Crippen LogP contribution in [0.15, 0.2) is 6.33 Å². The molecule has 1 fully saturated rings. The molecule has 1 amide bonds. The summed E-state index contributed by atoms with van der Waals surface area (Å²) in [5.74, 6) is 0.471. The number of aromatic nitrogens is 2. The van der Waals surface area contributed by atoms with E-state index in [4.69, 9.17) is 0 Å². The Morgan fingerprint density at radius 1 is 1.56 bits per heavy atom. The third-order valence-electron chi connectivity index (χ3n) is 3.82. The number of hydrogen-bond donors (Lipinski definition) is 4. The van der Waals surface area contributed by atoms with Gasteiger partial charge in [-0.3, -0.25) is 10.1 Å². The molecule has 0 bridgehead atoms. The van der Waals surface area contributed by atoms with Gasteiger partial charge in [0.15, 0.2) is 0 Å². The van der Waals surface area contributed by atoms with Gasteiger partial charge in [-0.2, -0.15) is 0 Å². The molecule has 6 nitrogen and oxygen atoms in total. The number of amides is 1. The van der Waals surface area contributed by atoms with Crippen LogP contribution in [0.3, 0.4) is 0 Å². The molecule has 4 N–H and O–H groups in total. The van der Waals surface area contributed by atoms with Gasteiger partial charge < -0.3 is 15.4 Å². The van der Waals surface area contributed by atoms with Crippen molar-refractivity contribution in [2.24, 2.45) is 5.92 Å². The highest BCUT2D eigenvalue weighted by atomic mass is 16.3. The molecule has 0 saturated heterocycles. The predicted molar refractivity (Wildman–Crippen MR) is 64.7 cm³/mol. The fourth-order valence-electron chi connectivity index (χ4n) is 2.59. The smallest absolute Gasteiger partial charge is 0.237 e. The minimum atomic E-state index is -0.189. The number of fused-ring (bicyclic) bond motifs is 1. The van der Waals surface area contributed by atoms with E-state index in [-0.39, 0.29) is 18.1 Å². The van der Waals surface area contributed by atoms with Crippen molar-refractivity contribution in [2.75, 3.05) is 6.54 Å². The number of carbonyl (C=O) groups is 1. The summed E-state index contributed by atoms with van der Waals surface area (Å²) in [6.07, 6.45) is 3.76. The normalized spacial score (nSPS) is 30.4. The molecule has 1 aromatic rings. The largest absolute Gasteiger partial charge is 0.393 e. The number of rotatable bonds is 3. The Hall–Kier alpha value is -1.40. The highest BCUT2D eigenvalue weighted by molar-refractivity contribution is 5.82. The van der Waals surface area contributed by atoms with Gasteiger partial charge in [-0.25, -0.2) is 4.98 Å². The molecule has 3 rings (SSSR count). The first kappa shape index (κ1) is 11.7. The van der Waals surface area contributed by atoms with Gasteiger partial charge in [-0.15, -0.1) is 0 Å². The molecule has 1 unspecified atom stereocenters. The lowest BCUT2D eigenvalue weighted by molar-refractivity contribution is -0.124. The number of aliphatic hydroxyl groups is 1. The number of aliphatic hydroxyl groups excluding tert-OH is 1. The second-order valence-corrected chi connectivity index (χ2v) is 5.20. The molecule has 6 heteroatoms. The van der Waals surface area contributed by atoms with E-state index >= 15 is 0 Å². The van der Waals surface area contributed by atoms with Crippen molar-refractivity contribution in [3.63, 3.8) is 0 Å². The number of carbonyl (C=O) groups excluding carboxylic acids is 1. The standard InChI is InChI=1S/C12H18N4O2/c17-8-1-7(2-8)4-14-12(18)10-3-9-11(5-13-10)16-6-15-9/h6-8,10,13,17H,1-5H2,(H,14,18)(H,15,16). The summed E-state index contributed by atoms with van der Waals surface area (Å²) >= 11 is 0. The molecule has 1 saturated carbocycles. The van der Waals surface area contributed by atoms with Crippen molar-refractivity contribution >= 4 is 5.91 Å². The average molecular weight is 250 g/mol. The van der Waals surface area contributed by atoms with Gasteiger partial charge >= 0.3 is 0 Å². The Morgan fingerprint density at radius 3 is 3.17 bits per heavy atom. The molecule has 1 atom stereocenters. The van der Waals surface area contributed by atoms with E-state index in [9.17, 15) is 9.90 Å². The molecule has 1 aliphatic heterocycles. The van der Waals surface area contributed by atoms with Crippen molar-refractivity contribution in [3.8, 4) is 0 Å². The van der Waals surface area contributed by atoms with Crippen LogP contribution in [0.5, 0.6) is 0 Å². The van der Waals surface area contributed by atoms with E-state index in [1.54, 1.807) is 6.33 Å². The van der Waals surface area contributed by atoms with E-state index in [2.05, 4.69) is 20.6 Å². The van der Waals surface area contributed by atoms with Gasteiger partial charge in [0.25, 0.3) is 0 Å². The minimum absolute atomic E-state index is 0.0324. The molecular weight excluding hydrogens is 232 g/mol. The van der Waals surface area contributed by atoms with Gasteiger partial charge in [0.05, 0.1) is 29.9 Å². The van der Waals surface area contributed by atoms with Gasteiger partial charge in [-0.1, -0.05) is 0 Å². The third kappa shape index (κ3) is 2.26. The third-order valence-corrected chi connectivity index (χ3v) is 3.82. The Balaban J connectivity index is 1.48. The van der Waals surface area contributed by atoms with Crippen LogP contribution in [-0.2, 0) is 17.8 Å². The molecule has 18 heavy (non-hydrogen) atoms. The molecule has 1 aliphatic carbocycles. The molecular formula is C12H18N4O2. The van der Waals surface area contributed by atoms with Crippen molar-refractivity contribution in [1.82, 2.24) is 20.6 Å². The number of imidazole rings is 1. The first-order chi connectivity index (χ1) is 8.72. The summed E-state index contributed by atoms with van der Waals surface area (Å²) in [6, 6.07) is -0.189. The predicted octanol–water partition coefficient (Wildman–Crippen LogP) is -0.689. The maximum absolute atomic E-state index is 12.0. The van der Waals surface area contributed by atoms with Crippen LogP contribution >= 0.6 is 0 Å². The zero-order valence-electron chi connectivity index (χ0n) is 10.1. The van der Waals surface area contributed by atoms with Crippen LogP contribution in [-0.4, -0.2) is 39.7 Å². The van der Waals surface area contributed by atoms with E-state index < -0.39 is 0 Å². The second-order valence-electron chi connectivity index (χ2n) is 5.20. The fraction of sp³-hybridized carbons (Fsp3) is 0.667. The number of aromatic amines is 1. The van der Waals surface area contributed by atoms with Crippen LogP contribution < -0.4 is 10.6 Å². The van der Waals surface area contributed by atoms with Crippen LogP contribution in [0.1, 0.15) is 24.2 Å². The van der Waals surface area contributed by atoms with Crippen LogP contribution in [0.4, 0.5) is 0 Å². The number of nitrogens with zero attached hydrogens (tertiary/aromatic N) is 1. The SMILES string of the molecule is O=C(NCC1CC(O)C1)C1Cc2nc[nH]c2CN1. The van der Waals surface area contributed by atoms with Crippen molar-refractivity contribution < 1.29 is 9.90 Å². The summed E-state index contributed by atoms with van der Waals surface area (Å²) in [5, 5.41) is 15.3. The molecule has 98 valence electrons. The summed E-state index contributed by atoms with van der Waals surface area (Å²) in [7, 11) is 0.